The lowest BCUT2D eigenvalue weighted by Gasteiger charge is -2.04. The molecule has 1 N–H and O–H groups in total. The number of thiazole rings is 1. The molecule has 6 heteroatoms. The largest absolute Gasteiger partial charge is 0.494 e. The summed E-state index contributed by atoms with van der Waals surface area (Å²) in [6, 6.07) is 15.6. The number of nitrogens with zero attached hydrogens (tertiary/aromatic N) is 2. The van der Waals surface area contributed by atoms with Crippen molar-refractivity contribution in [2.24, 2.45) is 0 Å². The molecule has 1 aromatic heterocycles. The Bertz CT molecular complexity index is 1000. The summed E-state index contributed by atoms with van der Waals surface area (Å²) < 4.78 is 5.46. The van der Waals surface area contributed by atoms with E-state index in [9.17, 15) is 5.26 Å². The first-order valence-corrected chi connectivity index (χ1v) is 9.68. The lowest BCUT2D eigenvalue weighted by atomic mass is 10.2. The highest BCUT2D eigenvalue weighted by Gasteiger charge is 2.09. The summed E-state index contributed by atoms with van der Waals surface area (Å²) >= 11 is 7.57. The number of benzene rings is 2. The molecule has 0 unspecified atom stereocenters. The Morgan fingerprint density at radius 3 is 2.74 bits per heavy atom. The van der Waals surface area contributed by atoms with Crippen LogP contribution in [0, 0.1) is 18.3 Å². The smallest absolute Gasteiger partial charge is 0.136 e. The van der Waals surface area contributed by atoms with E-state index in [0.29, 0.717) is 22.2 Å². The van der Waals surface area contributed by atoms with E-state index in [-0.39, 0.29) is 0 Å². The Balaban J connectivity index is 1.78. The van der Waals surface area contributed by atoms with Crippen LogP contribution in [0.15, 0.2) is 54.0 Å². The van der Waals surface area contributed by atoms with Gasteiger partial charge in [0.05, 0.1) is 12.3 Å². The molecule has 4 nitrogen and oxygen atoms in total. The minimum absolute atomic E-state index is 0.467. The van der Waals surface area contributed by atoms with Crippen LogP contribution in [0.4, 0.5) is 5.69 Å². The SMILES string of the molecule is CCOc1ccc(-c2csc(C(C#N)=CNc3ccc(C)c(Cl)c3)n2)cc1. The van der Waals surface area contributed by atoms with Gasteiger partial charge in [-0.1, -0.05) is 17.7 Å². The van der Waals surface area contributed by atoms with Gasteiger partial charge in [0.15, 0.2) is 0 Å². The summed E-state index contributed by atoms with van der Waals surface area (Å²) in [5, 5.41) is 15.9. The summed E-state index contributed by atoms with van der Waals surface area (Å²) in [5.41, 5.74) is 4.11. The number of hydrogen-bond acceptors (Lipinski definition) is 5. The lowest BCUT2D eigenvalue weighted by molar-refractivity contribution is 0.340. The summed E-state index contributed by atoms with van der Waals surface area (Å²) in [6.45, 7) is 4.53. The van der Waals surface area contributed by atoms with Crippen LogP contribution in [-0.2, 0) is 0 Å². The van der Waals surface area contributed by atoms with E-state index < -0.39 is 0 Å². The molecule has 136 valence electrons. The number of aryl methyl sites for hydroxylation is 1. The number of halogens is 1. The Morgan fingerprint density at radius 2 is 2.07 bits per heavy atom. The third-order valence-electron chi connectivity index (χ3n) is 3.87. The molecule has 27 heavy (non-hydrogen) atoms. The van der Waals surface area contributed by atoms with E-state index >= 15 is 0 Å². The van der Waals surface area contributed by atoms with E-state index in [1.54, 1.807) is 6.20 Å². The number of hydrogen-bond donors (Lipinski definition) is 1. The molecule has 3 aromatic rings. The molecule has 0 spiro atoms. The van der Waals surface area contributed by atoms with Gasteiger partial charge in [-0.3, -0.25) is 0 Å². The van der Waals surface area contributed by atoms with Crippen molar-refractivity contribution >= 4 is 34.2 Å². The molecule has 0 bridgehead atoms. The maximum absolute atomic E-state index is 9.50. The van der Waals surface area contributed by atoms with Crippen LogP contribution in [0.3, 0.4) is 0 Å². The summed E-state index contributed by atoms with van der Waals surface area (Å²) in [4.78, 5) is 4.59. The van der Waals surface area contributed by atoms with E-state index in [4.69, 9.17) is 16.3 Å². The summed E-state index contributed by atoms with van der Waals surface area (Å²) in [7, 11) is 0. The molecular formula is C21H18ClN3OS. The highest BCUT2D eigenvalue weighted by molar-refractivity contribution is 7.11. The molecule has 0 saturated heterocycles. The number of allylic oxidation sites excluding steroid dienone is 1. The molecule has 2 aromatic carbocycles. The predicted molar refractivity (Wildman–Crippen MR) is 112 cm³/mol. The van der Waals surface area contributed by atoms with Crippen molar-refractivity contribution in [2.75, 3.05) is 11.9 Å². The van der Waals surface area contributed by atoms with Gasteiger partial charge in [0.2, 0.25) is 0 Å². The van der Waals surface area contributed by atoms with Gasteiger partial charge in [-0.2, -0.15) is 5.26 Å². The third kappa shape index (κ3) is 4.68. The van der Waals surface area contributed by atoms with E-state index in [0.717, 1.165) is 28.3 Å². The highest BCUT2D eigenvalue weighted by atomic mass is 35.5. The molecule has 0 radical (unpaired) electrons. The first kappa shape index (κ1) is 19.0. The molecule has 0 amide bonds. The van der Waals surface area contributed by atoms with Gasteiger partial charge in [0.1, 0.15) is 22.4 Å². The van der Waals surface area contributed by atoms with Crippen molar-refractivity contribution in [1.82, 2.24) is 4.98 Å². The van der Waals surface area contributed by atoms with Crippen LogP contribution >= 0.6 is 22.9 Å². The van der Waals surface area contributed by atoms with Gasteiger partial charge in [-0.25, -0.2) is 4.98 Å². The minimum Gasteiger partial charge on any atom is -0.494 e. The number of aromatic nitrogens is 1. The van der Waals surface area contributed by atoms with Crippen molar-refractivity contribution in [1.29, 1.82) is 5.26 Å². The van der Waals surface area contributed by atoms with Gasteiger partial charge < -0.3 is 10.1 Å². The number of nitriles is 1. The van der Waals surface area contributed by atoms with Crippen LogP contribution < -0.4 is 10.1 Å². The van der Waals surface area contributed by atoms with Crippen LogP contribution in [0.2, 0.25) is 5.02 Å². The lowest BCUT2D eigenvalue weighted by Crippen LogP contribution is -1.92. The van der Waals surface area contributed by atoms with Crippen LogP contribution in [0.5, 0.6) is 5.75 Å². The van der Waals surface area contributed by atoms with Crippen LogP contribution in [-0.4, -0.2) is 11.6 Å². The molecule has 0 saturated carbocycles. The van der Waals surface area contributed by atoms with Crippen molar-refractivity contribution < 1.29 is 4.74 Å². The fraction of sp³-hybridized carbons (Fsp3) is 0.143. The van der Waals surface area contributed by atoms with E-state index in [2.05, 4.69) is 16.4 Å². The molecule has 0 fully saturated rings. The maximum atomic E-state index is 9.50. The number of nitrogens with one attached hydrogen (secondary N) is 1. The summed E-state index contributed by atoms with van der Waals surface area (Å²) in [6.07, 6.45) is 1.65. The zero-order valence-electron chi connectivity index (χ0n) is 15.0. The minimum atomic E-state index is 0.467. The molecule has 3 rings (SSSR count). The Kier molecular flexibility index (Phi) is 6.12. The zero-order chi connectivity index (χ0) is 19.2. The van der Waals surface area contributed by atoms with Crippen LogP contribution in [0.1, 0.15) is 17.5 Å². The second-order valence-corrected chi connectivity index (χ2v) is 7.04. The molecule has 0 aliphatic carbocycles. The highest BCUT2D eigenvalue weighted by Crippen LogP contribution is 2.28. The van der Waals surface area contributed by atoms with Crippen molar-refractivity contribution in [2.45, 2.75) is 13.8 Å². The second-order valence-electron chi connectivity index (χ2n) is 5.77. The summed E-state index contributed by atoms with van der Waals surface area (Å²) in [5.74, 6) is 0.829. The molecular weight excluding hydrogens is 378 g/mol. The predicted octanol–water partition coefficient (Wildman–Crippen LogP) is 6.15. The van der Waals surface area contributed by atoms with Crippen molar-refractivity contribution in [3.8, 4) is 23.1 Å². The zero-order valence-corrected chi connectivity index (χ0v) is 16.6. The van der Waals surface area contributed by atoms with Gasteiger partial charge in [0.25, 0.3) is 0 Å². The quantitative estimate of drug-likeness (QED) is 0.508. The average Bonchev–Trinajstić information content (AvgIpc) is 3.16. The first-order valence-electron chi connectivity index (χ1n) is 8.42. The molecule has 1 heterocycles. The Morgan fingerprint density at radius 1 is 1.30 bits per heavy atom. The standard InChI is InChI=1S/C21H18ClN3OS/c1-3-26-18-8-5-15(6-9-18)20-13-27-21(25-20)16(11-23)12-24-17-7-4-14(2)19(22)10-17/h4-10,12-13,24H,3H2,1-2H3. The third-order valence-corrected chi connectivity index (χ3v) is 5.15. The monoisotopic (exact) mass is 395 g/mol. The molecule has 0 aliphatic rings. The second kappa shape index (κ2) is 8.72. The van der Waals surface area contributed by atoms with Crippen molar-refractivity contribution in [3.63, 3.8) is 0 Å². The first-order chi connectivity index (χ1) is 13.1. The van der Waals surface area contributed by atoms with Gasteiger partial charge in [0, 0.05) is 27.9 Å². The number of anilines is 1. The number of ether oxygens (including phenoxy) is 1. The molecule has 0 atom stereocenters. The van der Waals surface area contributed by atoms with E-state index in [1.165, 1.54) is 11.3 Å². The van der Waals surface area contributed by atoms with Gasteiger partial charge in [-0.15, -0.1) is 11.3 Å². The number of rotatable bonds is 6. The van der Waals surface area contributed by atoms with Crippen molar-refractivity contribution in [3.05, 3.63) is 69.6 Å². The fourth-order valence-electron chi connectivity index (χ4n) is 2.40. The van der Waals surface area contributed by atoms with Gasteiger partial charge >= 0.3 is 0 Å². The van der Waals surface area contributed by atoms with Gasteiger partial charge in [-0.05, 0) is 55.8 Å². The molecule has 0 aliphatic heterocycles. The topological polar surface area (TPSA) is 57.9 Å². The Labute approximate surface area is 167 Å². The van der Waals surface area contributed by atoms with Crippen LogP contribution in [0.25, 0.3) is 16.8 Å². The fourth-order valence-corrected chi connectivity index (χ4v) is 3.37. The Hall–Kier alpha value is -2.81. The maximum Gasteiger partial charge on any atom is 0.136 e. The van der Waals surface area contributed by atoms with E-state index in [1.807, 2.05) is 61.7 Å². The normalized spacial score (nSPS) is 11.1. The average molecular weight is 396 g/mol.